The highest BCUT2D eigenvalue weighted by molar-refractivity contribution is 6.08. The van der Waals surface area contributed by atoms with Crippen molar-refractivity contribution in [1.82, 2.24) is 15.5 Å². The number of rotatable bonds is 4. The van der Waals surface area contributed by atoms with Crippen molar-refractivity contribution >= 4 is 30.1 Å². The zero-order chi connectivity index (χ0) is 17.8. The van der Waals surface area contributed by atoms with Crippen LogP contribution in [0.5, 0.6) is 0 Å². The molecule has 3 saturated heterocycles. The number of amides is 3. The number of fused-ring (bicyclic) bond motifs is 6. The Morgan fingerprint density at radius 3 is 2.48 bits per heavy atom. The van der Waals surface area contributed by atoms with Crippen LogP contribution >= 0.6 is 12.4 Å². The molecule has 27 heavy (non-hydrogen) atoms. The molecular formula is C19H22ClN3O4. The SMILES string of the molecule is Cl.O=C(CN1C(=O)C2C3CCC(O3)C2C1=O)NCc1ccc2c(c1)CNC2. The summed E-state index contributed by atoms with van der Waals surface area (Å²) in [6, 6.07) is 6.15. The number of carbonyl (C=O) groups excluding carboxylic acids is 3. The van der Waals surface area contributed by atoms with Crippen molar-refractivity contribution in [3.05, 3.63) is 34.9 Å². The third-order valence-corrected chi connectivity index (χ3v) is 6.07. The lowest BCUT2D eigenvalue weighted by atomic mass is 9.81. The fraction of sp³-hybridized carbons (Fsp3) is 0.526. The predicted octanol–water partition coefficient (Wildman–Crippen LogP) is 0.490. The average molecular weight is 392 g/mol. The standard InChI is InChI=1S/C19H21N3O4.ClH/c23-15(21-6-10-1-2-11-7-20-8-12(11)5-10)9-22-18(24)16-13-3-4-14(26-13)17(16)19(22)25;/h1-2,5,13-14,16-17,20H,3-4,6-9H2,(H,21,23);1H. The maximum Gasteiger partial charge on any atom is 0.240 e. The summed E-state index contributed by atoms with van der Waals surface area (Å²) in [6.07, 6.45) is 1.37. The molecule has 4 heterocycles. The molecule has 4 unspecified atom stereocenters. The first-order valence-corrected chi connectivity index (χ1v) is 9.20. The summed E-state index contributed by atoms with van der Waals surface area (Å²) in [5, 5.41) is 6.12. The Morgan fingerprint density at radius 2 is 1.78 bits per heavy atom. The van der Waals surface area contributed by atoms with Crippen LogP contribution in [0.15, 0.2) is 18.2 Å². The van der Waals surface area contributed by atoms with Crippen LogP contribution in [0.25, 0.3) is 0 Å². The van der Waals surface area contributed by atoms with E-state index in [4.69, 9.17) is 4.74 Å². The van der Waals surface area contributed by atoms with Crippen molar-refractivity contribution < 1.29 is 19.1 Å². The molecule has 1 aromatic rings. The van der Waals surface area contributed by atoms with Gasteiger partial charge >= 0.3 is 0 Å². The van der Waals surface area contributed by atoms with E-state index in [1.54, 1.807) is 0 Å². The van der Waals surface area contributed by atoms with Gasteiger partial charge in [0.25, 0.3) is 0 Å². The van der Waals surface area contributed by atoms with Gasteiger partial charge in [-0.05, 0) is 29.5 Å². The summed E-state index contributed by atoms with van der Waals surface area (Å²) in [5.74, 6) is -1.55. The molecule has 5 rings (SSSR count). The van der Waals surface area contributed by atoms with E-state index >= 15 is 0 Å². The number of ether oxygens (including phenoxy) is 1. The summed E-state index contributed by atoms with van der Waals surface area (Å²) in [4.78, 5) is 38.6. The Hall–Kier alpha value is -1.96. The van der Waals surface area contributed by atoms with Crippen LogP contribution in [0.1, 0.15) is 29.5 Å². The van der Waals surface area contributed by atoms with Crippen LogP contribution in [0.4, 0.5) is 0 Å². The van der Waals surface area contributed by atoms with Crippen LogP contribution in [0, 0.1) is 11.8 Å². The summed E-state index contributed by atoms with van der Waals surface area (Å²) in [6.45, 7) is 1.93. The number of hydrogen-bond acceptors (Lipinski definition) is 5. The lowest BCUT2D eigenvalue weighted by Gasteiger charge is -2.17. The van der Waals surface area contributed by atoms with E-state index in [0.717, 1.165) is 36.4 Å². The maximum atomic E-state index is 12.6. The fourth-order valence-electron chi connectivity index (χ4n) is 4.79. The average Bonchev–Trinajstić information content (AvgIpc) is 3.40. The molecule has 0 aliphatic carbocycles. The van der Waals surface area contributed by atoms with E-state index < -0.39 is 0 Å². The van der Waals surface area contributed by atoms with E-state index in [9.17, 15) is 14.4 Å². The van der Waals surface area contributed by atoms with E-state index in [1.165, 1.54) is 11.1 Å². The summed E-state index contributed by atoms with van der Waals surface area (Å²) in [7, 11) is 0. The van der Waals surface area contributed by atoms with Gasteiger partial charge in [-0.3, -0.25) is 19.3 Å². The van der Waals surface area contributed by atoms with Gasteiger partial charge in [-0.25, -0.2) is 0 Å². The Bertz CT molecular complexity index is 786. The molecule has 4 aliphatic heterocycles. The van der Waals surface area contributed by atoms with Gasteiger partial charge in [-0.2, -0.15) is 0 Å². The number of halogens is 1. The molecule has 2 bridgehead atoms. The highest BCUT2D eigenvalue weighted by Gasteiger charge is 2.62. The van der Waals surface area contributed by atoms with Crippen molar-refractivity contribution in [3.63, 3.8) is 0 Å². The summed E-state index contributed by atoms with van der Waals surface area (Å²) in [5.41, 5.74) is 3.56. The highest BCUT2D eigenvalue weighted by Crippen LogP contribution is 2.48. The number of nitrogens with zero attached hydrogens (tertiary/aromatic N) is 1. The minimum atomic E-state index is -0.377. The van der Waals surface area contributed by atoms with Gasteiger partial charge in [-0.15, -0.1) is 12.4 Å². The lowest BCUT2D eigenvalue weighted by molar-refractivity contribution is -0.146. The second-order valence-corrected chi connectivity index (χ2v) is 7.59. The van der Waals surface area contributed by atoms with Gasteiger partial charge in [0.05, 0.1) is 24.0 Å². The van der Waals surface area contributed by atoms with Crippen LogP contribution < -0.4 is 10.6 Å². The molecule has 7 nitrogen and oxygen atoms in total. The molecule has 0 radical (unpaired) electrons. The van der Waals surface area contributed by atoms with E-state index in [1.807, 2.05) is 6.07 Å². The van der Waals surface area contributed by atoms with Gasteiger partial charge in [0.15, 0.2) is 0 Å². The van der Waals surface area contributed by atoms with Gasteiger partial charge in [-0.1, -0.05) is 18.2 Å². The van der Waals surface area contributed by atoms with Gasteiger partial charge in [0.2, 0.25) is 17.7 Å². The number of imide groups is 1. The molecule has 8 heteroatoms. The number of carbonyl (C=O) groups is 3. The zero-order valence-electron chi connectivity index (χ0n) is 14.8. The third-order valence-electron chi connectivity index (χ3n) is 6.07. The normalized spacial score (nSPS) is 30.3. The molecular weight excluding hydrogens is 370 g/mol. The lowest BCUT2D eigenvalue weighted by Crippen LogP contribution is -2.42. The Labute approximate surface area is 163 Å². The fourth-order valence-corrected chi connectivity index (χ4v) is 4.79. The molecule has 4 atom stereocenters. The zero-order valence-corrected chi connectivity index (χ0v) is 15.6. The van der Waals surface area contributed by atoms with Crippen molar-refractivity contribution in [2.75, 3.05) is 6.54 Å². The number of hydrogen-bond donors (Lipinski definition) is 2. The third kappa shape index (κ3) is 2.94. The molecule has 3 amide bonds. The first-order chi connectivity index (χ1) is 12.6. The van der Waals surface area contributed by atoms with Gasteiger partial charge in [0.1, 0.15) is 6.54 Å². The number of benzene rings is 1. The number of nitrogens with one attached hydrogen (secondary N) is 2. The Kier molecular flexibility index (Phi) is 4.70. The molecule has 144 valence electrons. The van der Waals surface area contributed by atoms with Crippen LogP contribution in [-0.4, -0.2) is 41.4 Å². The monoisotopic (exact) mass is 391 g/mol. The van der Waals surface area contributed by atoms with Gasteiger partial charge < -0.3 is 15.4 Å². The van der Waals surface area contributed by atoms with Crippen LogP contribution in [0.2, 0.25) is 0 Å². The van der Waals surface area contributed by atoms with E-state index in [-0.39, 0.29) is 60.7 Å². The Morgan fingerprint density at radius 1 is 1.11 bits per heavy atom. The first-order valence-electron chi connectivity index (χ1n) is 9.20. The topological polar surface area (TPSA) is 87.7 Å². The van der Waals surface area contributed by atoms with E-state index in [0.29, 0.717) is 6.54 Å². The molecule has 0 saturated carbocycles. The first kappa shape index (κ1) is 18.4. The van der Waals surface area contributed by atoms with Crippen molar-refractivity contribution in [2.24, 2.45) is 11.8 Å². The molecule has 1 aromatic carbocycles. The van der Waals surface area contributed by atoms with Crippen molar-refractivity contribution in [2.45, 2.75) is 44.7 Å². The highest BCUT2D eigenvalue weighted by atomic mass is 35.5. The maximum absolute atomic E-state index is 12.6. The second kappa shape index (κ2) is 6.89. The Balaban J connectivity index is 0.00000180. The summed E-state index contributed by atoms with van der Waals surface area (Å²) < 4.78 is 5.70. The minimum Gasteiger partial charge on any atom is -0.373 e. The second-order valence-electron chi connectivity index (χ2n) is 7.59. The molecule has 3 fully saturated rings. The van der Waals surface area contributed by atoms with E-state index in [2.05, 4.69) is 22.8 Å². The van der Waals surface area contributed by atoms with Gasteiger partial charge in [0, 0.05) is 19.6 Å². The minimum absolute atomic E-state index is 0. The van der Waals surface area contributed by atoms with Crippen LogP contribution in [-0.2, 0) is 38.8 Å². The largest absolute Gasteiger partial charge is 0.373 e. The molecule has 0 spiro atoms. The number of likely N-dealkylation sites (tertiary alicyclic amines) is 1. The van der Waals surface area contributed by atoms with Crippen molar-refractivity contribution in [3.8, 4) is 0 Å². The predicted molar refractivity (Wildman–Crippen MR) is 97.7 cm³/mol. The quantitative estimate of drug-likeness (QED) is 0.729. The van der Waals surface area contributed by atoms with Crippen LogP contribution in [0.3, 0.4) is 0 Å². The van der Waals surface area contributed by atoms with Crippen molar-refractivity contribution in [1.29, 1.82) is 0 Å². The summed E-state index contributed by atoms with van der Waals surface area (Å²) >= 11 is 0. The molecule has 4 aliphatic rings. The smallest absolute Gasteiger partial charge is 0.240 e. The molecule has 2 N–H and O–H groups in total. The molecule has 0 aromatic heterocycles.